The van der Waals surface area contributed by atoms with Crippen LogP contribution in [0.5, 0.6) is 0 Å². The van der Waals surface area contributed by atoms with Crippen LogP contribution in [-0.2, 0) is 10.0 Å². The first kappa shape index (κ1) is 16.1. The van der Waals surface area contributed by atoms with Gasteiger partial charge >= 0.3 is 0 Å². The molecule has 0 spiro atoms. The SMILES string of the molecule is CC(CF)(O[Si](C)(C)C(C)(C)C)c1ccc(N)cn1. The minimum absolute atomic E-state index is 0.0250. The summed E-state index contributed by atoms with van der Waals surface area (Å²) in [5.41, 5.74) is 5.77. The third-order valence-electron chi connectivity index (χ3n) is 3.87. The molecular weight excluding hydrogens is 259 g/mol. The predicted octanol–water partition coefficient (Wildman–Crippen LogP) is 3.87. The first-order valence-corrected chi connectivity index (χ1v) is 9.41. The molecule has 2 N–H and O–H groups in total. The van der Waals surface area contributed by atoms with Crippen LogP contribution in [0, 0.1) is 0 Å². The number of halogens is 1. The zero-order valence-corrected chi connectivity index (χ0v) is 13.7. The van der Waals surface area contributed by atoms with Gasteiger partial charge in [-0.15, -0.1) is 0 Å². The van der Waals surface area contributed by atoms with Gasteiger partial charge in [0.1, 0.15) is 12.3 Å². The average molecular weight is 284 g/mol. The van der Waals surface area contributed by atoms with Gasteiger partial charge in [-0.05, 0) is 37.2 Å². The van der Waals surface area contributed by atoms with Crippen LogP contribution >= 0.6 is 0 Å². The maximum Gasteiger partial charge on any atom is 0.193 e. The maximum atomic E-state index is 13.6. The Labute approximate surface area is 116 Å². The zero-order chi connectivity index (χ0) is 14.9. The van der Waals surface area contributed by atoms with Crippen LogP contribution in [0.4, 0.5) is 10.1 Å². The van der Waals surface area contributed by atoms with Crippen molar-refractivity contribution in [3.8, 4) is 0 Å². The van der Waals surface area contributed by atoms with Crippen LogP contribution in [0.2, 0.25) is 18.1 Å². The third kappa shape index (κ3) is 3.54. The Balaban J connectivity index is 3.08. The minimum Gasteiger partial charge on any atom is -0.403 e. The second-order valence-electron chi connectivity index (χ2n) is 6.70. The molecule has 19 heavy (non-hydrogen) atoms. The van der Waals surface area contributed by atoms with Crippen molar-refractivity contribution in [1.29, 1.82) is 0 Å². The summed E-state index contributed by atoms with van der Waals surface area (Å²) in [7, 11) is -2.07. The lowest BCUT2D eigenvalue weighted by Gasteiger charge is -2.42. The number of nitrogens with two attached hydrogens (primary N) is 1. The van der Waals surface area contributed by atoms with Gasteiger partial charge in [0.15, 0.2) is 8.32 Å². The lowest BCUT2D eigenvalue weighted by atomic mass is 10.0. The van der Waals surface area contributed by atoms with Gasteiger partial charge in [-0.2, -0.15) is 0 Å². The van der Waals surface area contributed by atoms with Crippen molar-refractivity contribution in [3.05, 3.63) is 24.0 Å². The molecule has 0 aromatic carbocycles. The summed E-state index contributed by atoms with van der Waals surface area (Å²) in [5, 5.41) is 0.0250. The van der Waals surface area contributed by atoms with E-state index in [4.69, 9.17) is 10.2 Å². The van der Waals surface area contributed by atoms with E-state index in [2.05, 4.69) is 38.8 Å². The number of anilines is 1. The molecule has 1 atom stereocenters. The number of pyridine rings is 1. The van der Waals surface area contributed by atoms with E-state index in [1.54, 1.807) is 19.1 Å². The molecule has 0 saturated heterocycles. The van der Waals surface area contributed by atoms with Crippen molar-refractivity contribution >= 4 is 14.0 Å². The fourth-order valence-electron chi connectivity index (χ4n) is 1.58. The van der Waals surface area contributed by atoms with Crippen molar-refractivity contribution in [1.82, 2.24) is 4.98 Å². The van der Waals surface area contributed by atoms with Crippen molar-refractivity contribution in [2.45, 2.75) is 51.4 Å². The van der Waals surface area contributed by atoms with E-state index >= 15 is 0 Å². The van der Waals surface area contributed by atoms with E-state index in [1.807, 2.05) is 0 Å². The first-order valence-electron chi connectivity index (χ1n) is 6.50. The zero-order valence-electron chi connectivity index (χ0n) is 12.7. The van der Waals surface area contributed by atoms with Crippen molar-refractivity contribution in [3.63, 3.8) is 0 Å². The Morgan fingerprint density at radius 3 is 2.21 bits per heavy atom. The minimum atomic E-state index is -2.07. The van der Waals surface area contributed by atoms with Crippen LogP contribution in [0.3, 0.4) is 0 Å². The van der Waals surface area contributed by atoms with Crippen LogP contribution in [0.15, 0.2) is 18.3 Å². The highest BCUT2D eigenvalue weighted by Crippen LogP contribution is 2.41. The van der Waals surface area contributed by atoms with Gasteiger partial charge in [0.05, 0.1) is 17.6 Å². The number of rotatable bonds is 4. The average Bonchev–Trinajstić information content (AvgIpc) is 2.27. The van der Waals surface area contributed by atoms with Gasteiger partial charge in [-0.25, -0.2) is 4.39 Å². The summed E-state index contributed by atoms with van der Waals surface area (Å²) in [6.45, 7) is 11.8. The molecule has 1 aromatic heterocycles. The molecule has 1 heterocycles. The Morgan fingerprint density at radius 1 is 1.26 bits per heavy atom. The Morgan fingerprint density at radius 2 is 1.84 bits per heavy atom. The molecule has 0 amide bonds. The van der Waals surface area contributed by atoms with E-state index in [-0.39, 0.29) is 5.04 Å². The van der Waals surface area contributed by atoms with Gasteiger partial charge < -0.3 is 10.2 Å². The normalized spacial score (nSPS) is 16.2. The summed E-state index contributed by atoms with van der Waals surface area (Å²) in [6, 6.07) is 3.47. The molecular formula is C14H25FN2OSi. The van der Waals surface area contributed by atoms with Gasteiger partial charge in [0.2, 0.25) is 0 Å². The summed E-state index contributed by atoms with van der Waals surface area (Å²) < 4.78 is 19.8. The van der Waals surface area contributed by atoms with Crippen LogP contribution < -0.4 is 5.73 Å². The van der Waals surface area contributed by atoms with E-state index in [9.17, 15) is 4.39 Å². The van der Waals surface area contributed by atoms with Crippen molar-refractivity contribution in [2.75, 3.05) is 12.4 Å². The van der Waals surface area contributed by atoms with Gasteiger partial charge in [0.25, 0.3) is 0 Å². The molecule has 1 unspecified atom stereocenters. The second kappa shape index (κ2) is 5.21. The maximum absolute atomic E-state index is 13.6. The first-order chi connectivity index (χ1) is 8.52. The molecule has 0 aliphatic rings. The number of alkyl halides is 1. The fourth-order valence-corrected chi connectivity index (χ4v) is 3.17. The third-order valence-corrected chi connectivity index (χ3v) is 8.44. The van der Waals surface area contributed by atoms with E-state index in [1.165, 1.54) is 6.20 Å². The molecule has 108 valence electrons. The molecule has 1 aromatic rings. The van der Waals surface area contributed by atoms with Crippen molar-refractivity contribution in [2.24, 2.45) is 0 Å². The predicted molar refractivity (Wildman–Crippen MR) is 80.3 cm³/mol. The van der Waals surface area contributed by atoms with Gasteiger partial charge in [-0.1, -0.05) is 20.8 Å². The molecule has 0 bridgehead atoms. The van der Waals surface area contributed by atoms with E-state index in [0.717, 1.165) is 0 Å². The number of hydrogen-bond donors (Lipinski definition) is 1. The highest BCUT2D eigenvalue weighted by molar-refractivity contribution is 6.74. The van der Waals surface area contributed by atoms with Gasteiger partial charge in [-0.3, -0.25) is 4.98 Å². The number of nitrogens with zero attached hydrogens (tertiary/aromatic N) is 1. The van der Waals surface area contributed by atoms with Crippen LogP contribution in [0.1, 0.15) is 33.4 Å². The second-order valence-corrected chi connectivity index (χ2v) is 11.4. The number of aromatic nitrogens is 1. The summed E-state index contributed by atoms with van der Waals surface area (Å²) in [5.74, 6) is 0. The number of hydrogen-bond acceptors (Lipinski definition) is 3. The summed E-state index contributed by atoms with van der Waals surface area (Å²) >= 11 is 0. The smallest absolute Gasteiger partial charge is 0.193 e. The van der Waals surface area contributed by atoms with Crippen molar-refractivity contribution < 1.29 is 8.82 Å². The summed E-state index contributed by atoms with van der Waals surface area (Å²) in [6.07, 6.45) is 1.54. The molecule has 0 radical (unpaired) electrons. The topological polar surface area (TPSA) is 48.1 Å². The Hall–Kier alpha value is -0.943. The number of nitrogen functional groups attached to an aromatic ring is 1. The summed E-state index contributed by atoms with van der Waals surface area (Å²) in [4.78, 5) is 4.22. The lowest BCUT2D eigenvalue weighted by Crippen LogP contribution is -2.48. The highest BCUT2D eigenvalue weighted by Gasteiger charge is 2.44. The fraction of sp³-hybridized carbons (Fsp3) is 0.643. The largest absolute Gasteiger partial charge is 0.403 e. The molecule has 0 fully saturated rings. The molecule has 0 saturated carbocycles. The van der Waals surface area contributed by atoms with E-state index in [0.29, 0.717) is 11.4 Å². The van der Waals surface area contributed by atoms with E-state index < -0.39 is 20.6 Å². The lowest BCUT2D eigenvalue weighted by molar-refractivity contribution is 0.0381. The monoisotopic (exact) mass is 284 g/mol. The Kier molecular flexibility index (Phi) is 4.42. The highest BCUT2D eigenvalue weighted by atomic mass is 28.4. The molecule has 1 rings (SSSR count). The van der Waals surface area contributed by atoms with Crippen LogP contribution in [0.25, 0.3) is 0 Å². The van der Waals surface area contributed by atoms with Gasteiger partial charge in [0, 0.05) is 0 Å². The molecule has 0 aliphatic heterocycles. The molecule has 5 heteroatoms. The standard InChI is InChI=1S/C14H25FN2OSi/c1-13(2,3)19(5,6)18-14(4,10-15)12-8-7-11(16)9-17-12/h7-9H,10,16H2,1-6H3. The molecule has 3 nitrogen and oxygen atoms in total. The molecule has 0 aliphatic carbocycles. The van der Waals surface area contributed by atoms with Crippen LogP contribution in [-0.4, -0.2) is 20.0 Å². The Bertz CT molecular complexity index is 428. The quantitative estimate of drug-likeness (QED) is 0.854.